The average molecular weight is 191 g/mol. The fraction of sp³-hybridized carbons (Fsp3) is 0.500. The van der Waals surface area contributed by atoms with E-state index in [-0.39, 0.29) is 12.1 Å². The fourth-order valence-electron chi connectivity index (χ4n) is 0.660. The lowest BCUT2D eigenvalue weighted by atomic mass is 10.3. The van der Waals surface area contributed by atoms with E-state index in [0.717, 1.165) is 6.42 Å². The molecule has 1 rings (SSSR count). The minimum atomic E-state index is -0.248. The second-order valence-electron chi connectivity index (χ2n) is 1.87. The van der Waals surface area contributed by atoms with Crippen molar-refractivity contribution in [2.24, 2.45) is 0 Å². The Morgan fingerprint density at radius 1 is 1.89 bits per heavy atom. The van der Waals surface area contributed by atoms with Gasteiger partial charge in [-0.2, -0.15) is 0 Å². The van der Waals surface area contributed by atoms with Gasteiger partial charge in [-0.25, -0.2) is 4.79 Å². The van der Waals surface area contributed by atoms with Crippen LogP contribution in [0.1, 0.15) is 13.3 Å². The molecule has 2 nitrogen and oxygen atoms in total. The molecular formula is C6H7BrO2. The topological polar surface area (TPSA) is 26.3 Å². The van der Waals surface area contributed by atoms with E-state index in [1.807, 2.05) is 6.92 Å². The van der Waals surface area contributed by atoms with Crippen molar-refractivity contribution in [2.75, 3.05) is 0 Å². The number of esters is 1. The van der Waals surface area contributed by atoms with Gasteiger partial charge in [0.2, 0.25) is 0 Å². The van der Waals surface area contributed by atoms with E-state index in [2.05, 4.69) is 15.9 Å². The minimum absolute atomic E-state index is 0.00752. The summed E-state index contributed by atoms with van der Waals surface area (Å²) in [5.74, 6) is -0.248. The number of hydrogen-bond donors (Lipinski definition) is 0. The van der Waals surface area contributed by atoms with Crippen molar-refractivity contribution in [3.05, 3.63) is 10.6 Å². The van der Waals surface area contributed by atoms with E-state index in [1.54, 1.807) is 6.08 Å². The van der Waals surface area contributed by atoms with Crippen molar-refractivity contribution in [1.29, 1.82) is 0 Å². The molecule has 0 spiro atoms. The van der Waals surface area contributed by atoms with Crippen LogP contribution in [-0.4, -0.2) is 12.1 Å². The molecule has 1 aliphatic rings. The molecule has 3 heteroatoms. The molecule has 0 fully saturated rings. The van der Waals surface area contributed by atoms with Crippen LogP contribution in [0.2, 0.25) is 0 Å². The van der Waals surface area contributed by atoms with E-state index in [1.165, 1.54) is 0 Å². The number of carbonyl (C=O) groups is 1. The van der Waals surface area contributed by atoms with Gasteiger partial charge in [0.25, 0.3) is 0 Å². The normalized spacial score (nSPS) is 25.8. The monoisotopic (exact) mass is 190 g/mol. The Bertz CT molecular complexity index is 162. The first-order chi connectivity index (χ1) is 4.24. The van der Waals surface area contributed by atoms with Gasteiger partial charge >= 0.3 is 5.97 Å². The second-order valence-corrected chi connectivity index (χ2v) is 2.72. The van der Waals surface area contributed by atoms with E-state index in [9.17, 15) is 4.79 Å². The van der Waals surface area contributed by atoms with Gasteiger partial charge in [-0.3, -0.25) is 0 Å². The fourth-order valence-corrected chi connectivity index (χ4v) is 1.05. The van der Waals surface area contributed by atoms with Gasteiger partial charge in [-0.05, 0) is 28.4 Å². The molecule has 0 saturated carbocycles. The van der Waals surface area contributed by atoms with Crippen molar-refractivity contribution in [3.63, 3.8) is 0 Å². The number of rotatable bonds is 1. The van der Waals surface area contributed by atoms with Crippen molar-refractivity contribution in [1.82, 2.24) is 0 Å². The molecule has 9 heavy (non-hydrogen) atoms. The highest BCUT2D eigenvalue weighted by Gasteiger charge is 2.21. The highest BCUT2D eigenvalue weighted by atomic mass is 79.9. The maximum atomic E-state index is 10.6. The van der Waals surface area contributed by atoms with E-state index in [0.29, 0.717) is 4.48 Å². The smallest absolute Gasteiger partial charge is 0.345 e. The minimum Gasteiger partial charge on any atom is -0.454 e. The summed E-state index contributed by atoms with van der Waals surface area (Å²) in [4.78, 5) is 10.6. The van der Waals surface area contributed by atoms with Gasteiger partial charge in [-0.15, -0.1) is 0 Å². The first kappa shape index (κ1) is 6.81. The lowest BCUT2D eigenvalue weighted by molar-refractivity contribution is -0.138. The third kappa shape index (κ3) is 1.33. The molecule has 50 valence electrons. The van der Waals surface area contributed by atoms with E-state index < -0.39 is 0 Å². The summed E-state index contributed by atoms with van der Waals surface area (Å²) in [5.41, 5.74) is 0. The van der Waals surface area contributed by atoms with Gasteiger partial charge in [0, 0.05) is 0 Å². The van der Waals surface area contributed by atoms with Gasteiger partial charge in [0.15, 0.2) is 0 Å². The lowest BCUT2D eigenvalue weighted by Crippen LogP contribution is -2.05. The zero-order chi connectivity index (χ0) is 6.85. The molecule has 0 aromatic rings. The number of hydrogen-bond acceptors (Lipinski definition) is 2. The summed E-state index contributed by atoms with van der Waals surface area (Å²) in [6, 6.07) is 0. The Balaban J connectivity index is 2.62. The second kappa shape index (κ2) is 2.52. The van der Waals surface area contributed by atoms with Crippen LogP contribution in [0.5, 0.6) is 0 Å². The molecule has 0 amide bonds. The molecule has 1 aliphatic heterocycles. The summed E-state index contributed by atoms with van der Waals surface area (Å²) >= 11 is 3.07. The SMILES string of the molecule is CC[C@H]1C=C(Br)C(=O)O1. The van der Waals surface area contributed by atoms with Crippen LogP contribution in [0.3, 0.4) is 0 Å². The van der Waals surface area contributed by atoms with Gasteiger partial charge in [-0.1, -0.05) is 6.92 Å². The molecule has 0 bridgehead atoms. The Hall–Kier alpha value is -0.310. The van der Waals surface area contributed by atoms with Crippen molar-refractivity contribution in [2.45, 2.75) is 19.4 Å². The van der Waals surface area contributed by atoms with Crippen molar-refractivity contribution < 1.29 is 9.53 Å². The molecule has 0 unspecified atom stereocenters. The zero-order valence-electron chi connectivity index (χ0n) is 5.06. The molecule has 0 aromatic heterocycles. The quantitative estimate of drug-likeness (QED) is 0.588. The molecular weight excluding hydrogens is 184 g/mol. The number of halogens is 1. The average Bonchev–Trinajstić information content (AvgIpc) is 2.13. The van der Waals surface area contributed by atoms with Gasteiger partial charge in [0.05, 0.1) is 0 Å². The highest BCUT2D eigenvalue weighted by molar-refractivity contribution is 9.12. The summed E-state index contributed by atoms with van der Waals surface area (Å²) in [5, 5.41) is 0. The molecule has 0 saturated heterocycles. The molecule has 0 aliphatic carbocycles. The standard InChI is InChI=1S/C6H7BrO2/c1-2-4-3-5(7)6(8)9-4/h3-4H,2H2,1H3/t4-/m0/s1. The van der Waals surface area contributed by atoms with Crippen molar-refractivity contribution >= 4 is 21.9 Å². The first-order valence-electron chi connectivity index (χ1n) is 2.82. The number of cyclic esters (lactones) is 1. The molecule has 1 atom stereocenters. The molecule has 0 N–H and O–H groups in total. The van der Waals surface area contributed by atoms with Crippen molar-refractivity contribution in [3.8, 4) is 0 Å². The highest BCUT2D eigenvalue weighted by Crippen LogP contribution is 2.19. The Kier molecular flexibility index (Phi) is 1.90. The van der Waals surface area contributed by atoms with Crippen LogP contribution in [0, 0.1) is 0 Å². The third-order valence-corrected chi connectivity index (χ3v) is 1.78. The summed E-state index contributed by atoms with van der Waals surface area (Å²) in [6.07, 6.45) is 2.62. The van der Waals surface area contributed by atoms with E-state index >= 15 is 0 Å². The van der Waals surface area contributed by atoms with Crippen LogP contribution in [0.4, 0.5) is 0 Å². The third-order valence-electron chi connectivity index (χ3n) is 1.19. The van der Waals surface area contributed by atoms with Crippen LogP contribution < -0.4 is 0 Å². The predicted molar refractivity (Wildman–Crippen MR) is 37.2 cm³/mol. The number of carbonyl (C=O) groups excluding carboxylic acids is 1. The van der Waals surface area contributed by atoms with Gasteiger partial charge in [0.1, 0.15) is 10.6 Å². The molecule has 0 radical (unpaired) electrons. The van der Waals surface area contributed by atoms with Crippen LogP contribution >= 0.6 is 15.9 Å². The van der Waals surface area contributed by atoms with Crippen LogP contribution in [-0.2, 0) is 9.53 Å². The molecule has 0 aromatic carbocycles. The summed E-state index contributed by atoms with van der Waals surface area (Å²) in [6.45, 7) is 1.97. The van der Waals surface area contributed by atoms with Crippen LogP contribution in [0.25, 0.3) is 0 Å². The summed E-state index contributed by atoms with van der Waals surface area (Å²) < 4.78 is 5.39. The first-order valence-corrected chi connectivity index (χ1v) is 3.61. The lowest BCUT2D eigenvalue weighted by Gasteiger charge is -2.01. The maximum absolute atomic E-state index is 10.6. The number of ether oxygens (including phenoxy) is 1. The zero-order valence-corrected chi connectivity index (χ0v) is 6.64. The predicted octanol–water partition coefficient (Wildman–Crippen LogP) is 1.60. The molecule has 1 heterocycles. The Morgan fingerprint density at radius 2 is 2.56 bits per heavy atom. The van der Waals surface area contributed by atoms with E-state index in [4.69, 9.17) is 4.74 Å². The largest absolute Gasteiger partial charge is 0.454 e. The maximum Gasteiger partial charge on any atom is 0.345 e. The Morgan fingerprint density at radius 3 is 2.78 bits per heavy atom. The summed E-state index contributed by atoms with van der Waals surface area (Å²) in [7, 11) is 0. The van der Waals surface area contributed by atoms with Crippen LogP contribution in [0.15, 0.2) is 10.6 Å². The Labute approximate surface area is 62.0 Å². The van der Waals surface area contributed by atoms with Gasteiger partial charge < -0.3 is 4.74 Å².